The molecule has 0 aliphatic heterocycles. The average molecular weight is 334 g/mol. The fourth-order valence-corrected chi connectivity index (χ4v) is 3.23. The minimum absolute atomic E-state index is 0.0140. The molecule has 0 fully saturated rings. The number of nitrogens with zero attached hydrogens (tertiary/aromatic N) is 1. The summed E-state index contributed by atoms with van der Waals surface area (Å²) in [5.74, 6) is -1.13. The van der Waals surface area contributed by atoms with Crippen molar-refractivity contribution in [3.8, 4) is 0 Å². The van der Waals surface area contributed by atoms with Crippen LogP contribution in [-0.4, -0.2) is 31.0 Å². The van der Waals surface area contributed by atoms with Crippen molar-refractivity contribution in [2.45, 2.75) is 24.7 Å². The van der Waals surface area contributed by atoms with Gasteiger partial charge in [-0.2, -0.15) is 0 Å². The molecule has 2 N–H and O–H groups in total. The van der Waals surface area contributed by atoms with Crippen LogP contribution in [0.1, 0.15) is 28.5 Å². The highest BCUT2D eigenvalue weighted by Gasteiger charge is 2.18. The third-order valence-electron chi connectivity index (χ3n) is 3.40. The number of rotatable bonds is 7. The molecule has 0 aliphatic carbocycles. The van der Waals surface area contributed by atoms with E-state index >= 15 is 0 Å². The maximum atomic E-state index is 12.3. The Balaban J connectivity index is 2.13. The molecule has 0 aliphatic rings. The van der Waals surface area contributed by atoms with Crippen molar-refractivity contribution in [2.75, 3.05) is 6.54 Å². The number of nitrogens with one attached hydrogen (secondary N) is 1. The van der Waals surface area contributed by atoms with Crippen molar-refractivity contribution in [1.82, 2.24) is 9.71 Å². The molecule has 1 heterocycles. The summed E-state index contributed by atoms with van der Waals surface area (Å²) in [6, 6.07) is 9.60. The van der Waals surface area contributed by atoms with Gasteiger partial charge in [0.1, 0.15) is 0 Å². The van der Waals surface area contributed by atoms with Gasteiger partial charge in [0.05, 0.1) is 10.5 Å². The molecule has 1 aromatic carbocycles. The molecule has 2 rings (SSSR count). The summed E-state index contributed by atoms with van der Waals surface area (Å²) in [7, 11) is -3.75. The second-order valence-corrected chi connectivity index (χ2v) is 6.71. The van der Waals surface area contributed by atoms with Gasteiger partial charge in [-0.25, -0.2) is 17.9 Å². The van der Waals surface area contributed by atoms with Crippen LogP contribution in [0.3, 0.4) is 0 Å². The SMILES string of the molecule is CCc1ccc(S(=O)(=O)NCCc2ccccn2)cc1C(=O)O. The first kappa shape index (κ1) is 17.1. The van der Waals surface area contributed by atoms with E-state index in [-0.39, 0.29) is 17.0 Å². The van der Waals surface area contributed by atoms with Crippen LogP contribution in [0.15, 0.2) is 47.5 Å². The molecule has 0 spiro atoms. The van der Waals surface area contributed by atoms with Gasteiger partial charge in [-0.1, -0.05) is 19.1 Å². The summed E-state index contributed by atoms with van der Waals surface area (Å²) in [6.45, 7) is 2.01. The number of sulfonamides is 1. The summed E-state index contributed by atoms with van der Waals surface area (Å²) >= 11 is 0. The van der Waals surface area contributed by atoms with E-state index in [1.54, 1.807) is 12.3 Å². The Morgan fingerprint density at radius 1 is 1.26 bits per heavy atom. The smallest absolute Gasteiger partial charge is 0.336 e. The number of hydrogen-bond acceptors (Lipinski definition) is 4. The van der Waals surface area contributed by atoms with E-state index in [0.717, 1.165) is 5.69 Å². The molecule has 7 heteroatoms. The van der Waals surface area contributed by atoms with E-state index in [1.807, 2.05) is 19.1 Å². The van der Waals surface area contributed by atoms with Gasteiger partial charge < -0.3 is 5.11 Å². The highest BCUT2D eigenvalue weighted by Crippen LogP contribution is 2.17. The number of hydrogen-bond donors (Lipinski definition) is 2. The number of aromatic carboxylic acids is 1. The number of benzene rings is 1. The van der Waals surface area contributed by atoms with Crippen LogP contribution in [0.2, 0.25) is 0 Å². The molecule has 0 saturated carbocycles. The third-order valence-corrected chi connectivity index (χ3v) is 4.86. The van der Waals surface area contributed by atoms with Crippen LogP contribution < -0.4 is 4.72 Å². The Kier molecular flexibility index (Phi) is 5.46. The lowest BCUT2D eigenvalue weighted by Crippen LogP contribution is -2.26. The quantitative estimate of drug-likeness (QED) is 0.806. The Hall–Kier alpha value is -2.25. The van der Waals surface area contributed by atoms with Crippen LogP contribution >= 0.6 is 0 Å². The summed E-state index contributed by atoms with van der Waals surface area (Å²) in [5.41, 5.74) is 1.40. The standard InChI is InChI=1S/C16H18N2O4S/c1-2-12-6-7-14(11-15(12)16(19)20)23(21,22)18-10-8-13-5-3-4-9-17-13/h3-7,9,11,18H,2,8,10H2,1H3,(H,19,20). The van der Waals surface area contributed by atoms with E-state index in [9.17, 15) is 18.3 Å². The van der Waals surface area contributed by atoms with Gasteiger partial charge in [0.15, 0.2) is 0 Å². The number of aromatic nitrogens is 1. The lowest BCUT2D eigenvalue weighted by molar-refractivity contribution is 0.0695. The predicted molar refractivity (Wildman–Crippen MR) is 85.9 cm³/mol. The summed E-state index contributed by atoms with van der Waals surface area (Å²) in [4.78, 5) is 15.3. The zero-order valence-corrected chi connectivity index (χ0v) is 13.5. The van der Waals surface area contributed by atoms with Crippen LogP contribution in [0.4, 0.5) is 0 Å². The zero-order chi connectivity index (χ0) is 16.9. The molecular weight excluding hydrogens is 316 g/mol. The first-order chi connectivity index (χ1) is 10.9. The van der Waals surface area contributed by atoms with Gasteiger partial charge in [-0.05, 0) is 36.2 Å². The van der Waals surface area contributed by atoms with Gasteiger partial charge in [-0.3, -0.25) is 4.98 Å². The molecule has 23 heavy (non-hydrogen) atoms. The van der Waals surface area contributed by atoms with E-state index in [1.165, 1.54) is 18.2 Å². The molecule has 0 radical (unpaired) electrons. The van der Waals surface area contributed by atoms with Crippen LogP contribution in [0.25, 0.3) is 0 Å². The Morgan fingerprint density at radius 2 is 2.04 bits per heavy atom. The average Bonchev–Trinajstić information content (AvgIpc) is 2.55. The Labute approximate surface area is 135 Å². The number of carboxylic acids is 1. The molecular formula is C16H18N2O4S. The first-order valence-electron chi connectivity index (χ1n) is 7.20. The van der Waals surface area contributed by atoms with Crippen molar-refractivity contribution in [1.29, 1.82) is 0 Å². The summed E-state index contributed by atoms with van der Waals surface area (Å²) < 4.78 is 27.0. The number of carbonyl (C=O) groups is 1. The molecule has 0 amide bonds. The molecule has 0 atom stereocenters. The number of pyridine rings is 1. The van der Waals surface area contributed by atoms with Crippen LogP contribution in [0, 0.1) is 0 Å². The van der Waals surface area contributed by atoms with Gasteiger partial charge in [0.25, 0.3) is 0 Å². The van der Waals surface area contributed by atoms with Crippen molar-refractivity contribution in [2.24, 2.45) is 0 Å². The van der Waals surface area contributed by atoms with Gasteiger partial charge >= 0.3 is 5.97 Å². The zero-order valence-electron chi connectivity index (χ0n) is 12.7. The minimum atomic E-state index is -3.75. The van der Waals surface area contributed by atoms with E-state index < -0.39 is 16.0 Å². The van der Waals surface area contributed by atoms with E-state index in [4.69, 9.17) is 0 Å². The van der Waals surface area contributed by atoms with Crippen molar-refractivity contribution < 1.29 is 18.3 Å². The Bertz CT molecular complexity index is 789. The second-order valence-electron chi connectivity index (χ2n) is 4.95. The van der Waals surface area contributed by atoms with E-state index in [2.05, 4.69) is 9.71 Å². The highest BCUT2D eigenvalue weighted by atomic mass is 32.2. The topological polar surface area (TPSA) is 96.4 Å². The maximum Gasteiger partial charge on any atom is 0.336 e. The fraction of sp³-hybridized carbons (Fsp3) is 0.250. The largest absolute Gasteiger partial charge is 0.478 e. The molecule has 0 unspecified atom stereocenters. The third kappa shape index (κ3) is 4.37. The summed E-state index contributed by atoms with van der Waals surface area (Å²) in [5, 5.41) is 9.19. The van der Waals surface area contributed by atoms with Gasteiger partial charge in [0, 0.05) is 24.9 Å². The summed E-state index contributed by atoms with van der Waals surface area (Å²) in [6.07, 6.45) is 2.63. The van der Waals surface area contributed by atoms with Gasteiger partial charge in [0.2, 0.25) is 10.0 Å². The normalized spacial score (nSPS) is 11.3. The molecule has 122 valence electrons. The van der Waals surface area contributed by atoms with Crippen molar-refractivity contribution in [3.63, 3.8) is 0 Å². The van der Waals surface area contributed by atoms with Crippen molar-refractivity contribution in [3.05, 3.63) is 59.4 Å². The number of carboxylic acid groups (broad SMARTS) is 1. The molecule has 6 nitrogen and oxygen atoms in total. The fourth-order valence-electron chi connectivity index (χ4n) is 2.17. The highest BCUT2D eigenvalue weighted by molar-refractivity contribution is 7.89. The molecule has 1 aromatic heterocycles. The maximum absolute atomic E-state index is 12.3. The molecule has 0 saturated heterocycles. The molecule has 2 aromatic rings. The van der Waals surface area contributed by atoms with E-state index in [0.29, 0.717) is 18.4 Å². The molecule has 0 bridgehead atoms. The van der Waals surface area contributed by atoms with Gasteiger partial charge in [-0.15, -0.1) is 0 Å². The van der Waals surface area contributed by atoms with Crippen LogP contribution in [-0.2, 0) is 22.9 Å². The second kappa shape index (κ2) is 7.34. The first-order valence-corrected chi connectivity index (χ1v) is 8.68. The Morgan fingerprint density at radius 3 is 2.65 bits per heavy atom. The lowest BCUT2D eigenvalue weighted by Gasteiger charge is -2.09. The predicted octanol–water partition coefficient (Wildman–Crippen LogP) is 1.86. The monoisotopic (exact) mass is 334 g/mol. The minimum Gasteiger partial charge on any atom is -0.478 e. The van der Waals surface area contributed by atoms with Crippen molar-refractivity contribution >= 4 is 16.0 Å². The van der Waals surface area contributed by atoms with Crippen LogP contribution in [0.5, 0.6) is 0 Å². The number of aryl methyl sites for hydroxylation is 1. The lowest BCUT2D eigenvalue weighted by atomic mass is 10.1.